The molecule has 1 N–H and O–H groups in total. The molecule has 0 spiro atoms. The Bertz CT molecular complexity index is 1400. The van der Waals surface area contributed by atoms with E-state index in [0.717, 1.165) is 5.56 Å². The van der Waals surface area contributed by atoms with Gasteiger partial charge >= 0.3 is 0 Å². The van der Waals surface area contributed by atoms with Crippen molar-refractivity contribution in [1.29, 1.82) is 0 Å². The van der Waals surface area contributed by atoms with Crippen LogP contribution >= 0.6 is 0 Å². The first kappa shape index (κ1) is 24.3. The van der Waals surface area contributed by atoms with E-state index in [2.05, 4.69) is 35.7 Å². The normalized spacial score (nSPS) is 11.6. The number of ketones is 1. The number of amides is 1. The summed E-state index contributed by atoms with van der Waals surface area (Å²) in [5.74, 6) is -0.602. The number of Topliss-reactive ketones (excluding diaryl/α,β-unsaturated/α-hetero) is 1. The summed E-state index contributed by atoms with van der Waals surface area (Å²) in [6.45, 7) is 6.38. The van der Waals surface area contributed by atoms with Crippen molar-refractivity contribution in [2.45, 2.75) is 39.0 Å². The third-order valence-electron chi connectivity index (χ3n) is 6.08. The summed E-state index contributed by atoms with van der Waals surface area (Å²) >= 11 is 0. The number of hydrogen-bond acceptors (Lipinski definition) is 4. The van der Waals surface area contributed by atoms with Gasteiger partial charge in [0.2, 0.25) is 0 Å². The first-order chi connectivity index (χ1) is 16.5. The summed E-state index contributed by atoms with van der Waals surface area (Å²) in [4.78, 5) is 38.0. The highest BCUT2D eigenvalue weighted by molar-refractivity contribution is 6.00. The lowest BCUT2D eigenvalue weighted by atomic mass is 9.86. The predicted octanol–water partition coefficient (Wildman–Crippen LogP) is 5.58. The van der Waals surface area contributed by atoms with E-state index in [9.17, 15) is 14.0 Å². The predicted molar refractivity (Wildman–Crippen MR) is 135 cm³/mol. The smallest absolute Gasteiger partial charge is 0.269 e. The number of aromatic nitrogens is 3. The third-order valence-corrected chi connectivity index (χ3v) is 6.08. The lowest BCUT2D eigenvalue weighted by Gasteiger charge is -2.19. The van der Waals surface area contributed by atoms with Crippen LogP contribution in [0, 0.1) is 5.82 Å². The van der Waals surface area contributed by atoms with Gasteiger partial charge in [-0.1, -0.05) is 57.2 Å². The van der Waals surface area contributed by atoms with Gasteiger partial charge in [-0.05, 0) is 35.1 Å². The van der Waals surface area contributed by atoms with Crippen LogP contribution in [0.5, 0.6) is 0 Å². The summed E-state index contributed by atoms with van der Waals surface area (Å²) in [6.07, 6.45) is 1.90. The number of carbonyl (C=O) groups is 2. The first-order valence-electron chi connectivity index (χ1n) is 11.5. The van der Waals surface area contributed by atoms with Crippen LogP contribution in [0.15, 0.2) is 54.9 Å². The second-order valence-electron chi connectivity index (χ2n) is 9.92. The second kappa shape index (κ2) is 9.41. The summed E-state index contributed by atoms with van der Waals surface area (Å²) in [7, 11) is 3.33. The Labute approximate surface area is 204 Å². The van der Waals surface area contributed by atoms with E-state index in [1.807, 2.05) is 24.3 Å². The van der Waals surface area contributed by atoms with E-state index >= 15 is 0 Å². The molecule has 0 aliphatic heterocycles. The molecule has 0 radical (unpaired) electrons. The minimum absolute atomic E-state index is 0.0168. The van der Waals surface area contributed by atoms with Crippen molar-refractivity contribution < 1.29 is 14.0 Å². The number of aryl methyl sites for hydroxylation is 1. The molecule has 0 aliphatic rings. The fourth-order valence-corrected chi connectivity index (χ4v) is 3.97. The van der Waals surface area contributed by atoms with Crippen molar-refractivity contribution in [1.82, 2.24) is 19.9 Å². The zero-order valence-corrected chi connectivity index (χ0v) is 20.6. The molecule has 2 heterocycles. The molecule has 0 bridgehead atoms. The van der Waals surface area contributed by atoms with E-state index in [1.54, 1.807) is 32.3 Å². The Hall–Kier alpha value is -3.87. The molecular formula is C28H29FN4O2. The van der Waals surface area contributed by atoms with Crippen LogP contribution in [0.25, 0.3) is 22.3 Å². The van der Waals surface area contributed by atoms with Gasteiger partial charge < -0.3 is 9.88 Å². The molecule has 6 nitrogen and oxygen atoms in total. The quantitative estimate of drug-likeness (QED) is 0.372. The Balaban J connectivity index is 1.52. The number of H-pyrrole nitrogens is 1. The number of rotatable bonds is 6. The minimum atomic E-state index is -0.398. The topological polar surface area (TPSA) is 79.0 Å². The summed E-state index contributed by atoms with van der Waals surface area (Å²) < 4.78 is 15.0. The number of halogens is 1. The van der Waals surface area contributed by atoms with Gasteiger partial charge in [-0.15, -0.1) is 0 Å². The highest BCUT2D eigenvalue weighted by Crippen LogP contribution is 2.28. The Kier molecular flexibility index (Phi) is 6.52. The monoisotopic (exact) mass is 472 g/mol. The molecule has 4 rings (SSSR count). The maximum Gasteiger partial charge on any atom is 0.269 e. The molecule has 0 saturated heterocycles. The Morgan fingerprint density at radius 2 is 1.71 bits per heavy atom. The van der Waals surface area contributed by atoms with E-state index in [4.69, 9.17) is 0 Å². The molecule has 0 fully saturated rings. The fourth-order valence-electron chi connectivity index (χ4n) is 3.97. The molecule has 0 aliphatic carbocycles. The maximum absolute atomic E-state index is 15.0. The molecule has 0 unspecified atom stereocenters. The minimum Gasteiger partial charge on any atom is -0.344 e. The van der Waals surface area contributed by atoms with E-state index < -0.39 is 5.82 Å². The average Bonchev–Trinajstić information content (AvgIpc) is 3.26. The van der Waals surface area contributed by atoms with Crippen LogP contribution in [0.2, 0.25) is 0 Å². The molecule has 2 aromatic carbocycles. The first-order valence-corrected chi connectivity index (χ1v) is 11.5. The SMILES string of the molecule is CN(C)C(=O)c1cc2c(-c3ccc(CCC(=O)c4ccc(C(C)(C)C)cc4)c(F)c3)ncnc2[nH]1. The number of carbonyl (C=O) groups excluding carboxylic acids is 2. The zero-order chi connectivity index (χ0) is 25.3. The molecule has 0 atom stereocenters. The molecule has 4 aromatic rings. The lowest BCUT2D eigenvalue weighted by Crippen LogP contribution is -2.21. The maximum atomic E-state index is 15.0. The number of hydrogen-bond donors (Lipinski definition) is 1. The molecular weight excluding hydrogens is 443 g/mol. The number of aromatic amines is 1. The van der Waals surface area contributed by atoms with E-state index in [-0.39, 0.29) is 23.5 Å². The fraction of sp³-hybridized carbons (Fsp3) is 0.286. The van der Waals surface area contributed by atoms with E-state index in [0.29, 0.717) is 45.5 Å². The van der Waals surface area contributed by atoms with Crippen LogP contribution < -0.4 is 0 Å². The van der Waals surface area contributed by atoms with Crippen LogP contribution in [-0.2, 0) is 11.8 Å². The van der Waals surface area contributed by atoms with Crippen molar-refractivity contribution in [3.05, 3.63) is 83.1 Å². The Morgan fingerprint density at radius 1 is 1.00 bits per heavy atom. The van der Waals surface area contributed by atoms with Gasteiger partial charge in [0.05, 0.1) is 5.69 Å². The molecule has 35 heavy (non-hydrogen) atoms. The molecule has 0 saturated carbocycles. The molecule has 1 amide bonds. The van der Waals surface area contributed by atoms with Gasteiger partial charge in [-0.3, -0.25) is 9.59 Å². The molecule has 180 valence electrons. The van der Waals surface area contributed by atoms with Crippen LogP contribution in [0.1, 0.15) is 59.2 Å². The Morgan fingerprint density at radius 3 is 2.34 bits per heavy atom. The number of benzene rings is 2. The highest BCUT2D eigenvalue weighted by atomic mass is 19.1. The summed E-state index contributed by atoms with van der Waals surface area (Å²) in [6, 6.07) is 14.2. The molecule has 2 aromatic heterocycles. The van der Waals surface area contributed by atoms with Gasteiger partial charge in [-0.25, -0.2) is 14.4 Å². The lowest BCUT2D eigenvalue weighted by molar-refractivity contribution is 0.0822. The highest BCUT2D eigenvalue weighted by Gasteiger charge is 2.17. The van der Waals surface area contributed by atoms with Gasteiger partial charge in [0.1, 0.15) is 23.5 Å². The van der Waals surface area contributed by atoms with Crippen molar-refractivity contribution in [3.63, 3.8) is 0 Å². The van der Waals surface area contributed by atoms with Crippen molar-refractivity contribution in [2.24, 2.45) is 0 Å². The second-order valence-corrected chi connectivity index (χ2v) is 9.92. The average molecular weight is 473 g/mol. The van der Waals surface area contributed by atoms with E-state index in [1.165, 1.54) is 17.3 Å². The van der Waals surface area contributed by atoms with Gasteiger partial charge in [0.25, 0.3) is 5.91 Å². The van der Waals surface area contributed by atoms with Crippen molar-refractivity contribution in [3.8, 4) is 11.3 Å². The number of fused-ring (bicyclic) bond motifs is 1. The van der Waals surface area contributed by atoms with Gasteiger partial charge in [0.15, 0.2) is 5.78 Å². The standard InChI is InChI=1S/C28H29FN4O2/c1-28(2,3)20-11-8-18(9-12-20)24(34)13-10-17-6-7-19(14-22(17)29)25-21-15-23(27(35)33(4)5)32-26(21)31-16-30-25/h6-9,11-12,14-16H,10,13H2,1-5H3,(H,30,31,32). The largest absolute Gasteiger partial charge is 0.344 e. The zero-order valence-electron chi connectivity index (χ0n) is 20.6. The van der Waals surface area contributed by atoms with Gasteiger partial charge in [-0.2, -0.15) is 0 Å². The summed E-state index contributed by atoms with van der Waals surface area (Å²) in [5.41, 5.74) is 4.28. The van der Waals surface area contributed by atoms with Crippen LogP contribution in [-0.4, -0.2) is 45.6 Å². The summed E-state index contributed by atoms with van der Waals surface area (Å²) in [5, 5.41) is 0.638. The third kappa shape index (κ3) is 5.14. The number of nitrogens with one attached hydrogen (secondary N) is 1. The van der Waals surface area contributed by atoms with Crippen molar-refractivity contribution >= 4 is 22.7 Å². The van der Waals surface area contributed by atoms with Gasteiger partial charge in [0, 0.05) is 37.0 Å². The van der Waals surface area contributed by atoms with Crippen LogP contribution in [0.4, 0.5) is 4.39 Å². The molecule has 7 heteroatoms. The number of nitrogens with zero attached hydrogens (tertiary/aromatic N) is 3. The van der Waals surface area contributed by atoms with Crippen molar-refractivity contribution in [2.75, 3.05) is 14.1 Å². The van der Waals surface area contributed by atoms with Crippen LogP contribution in [0.3, 0.4) is 0 Å².